The fraction of sp³-hybridized carbons (Fsp3) is 0.207. The minimum atomic E-state index is -4.68. The summed E-state index contributed by atoms with van der Waals surface area (Å²) in [6.07, 6.45) is -4.63. The normalized spacial score (nSPS) is 13.9. The second-order valence-electron chi connectivity index (χ2n) is 9.14. The molecule has 0 fully saturated rings. The van der Waals surface area contributed by atoms with E-state index in [4.69, 9.17) is 10.5 Å². The van der Waals surface area contributed by atoms with E-state index in [2.05, 4.69) is 10.1 Å². The van der Waals surface area contributed by atoms with E-state index in [1.807, 2.05) is 54.6 Å². The number of aliphatic imine (C=N–C) groups is 1. The second kappa shape index (κ2) is 10.6. The maximum absolute atomic E-state index is 13.8. The Kier molecular flexibility index (Phi) is 7.10. The van der Waals surface area contributed by atoms with Crippen LogP contribution in [0.1, 0.15) is 38.4 Å². The number of methoxy groups -OCH3 is 1. The number of hydrogen-bond donors (Lipinski definition) is 1. The first-order chi connectivity index (χ1) is 18.7. The number of fused-ring (bicyclic) bond motifs is 1. The third-order valence-electron chi connectivity index (χ3n) is 6.59. The zero-order valence-corrected chi connectivity index (χ0v) is 21.2. The van der Waals surface area contributed by atoms with Gasteiger partial charge in [0, 0.05) is 24.2 Å². The van der Waals surface area contributed by atoms with E-state index in [1.165, 1.54) is 12.0 Å². The van der Waals surface area contributed by atoms with Crippen LogP contribution in [0.25, 0.3) is 5.69 Å². The van der Waals surface area contributed by atoms with Crippen LogP contribution in [0.15, 0.2) is 83.9 Å². The number of nitrogens with two attached hydrogens (primary N) is 1. The van der Waals surface area contributed by atoms with Gasteiger partial charge in [0.2, 0.25) is 0 Å². The summed E-state index contributed by atoms with van der Waals surface area (Å²) in [6, 6.07) is 23.4. The summed E-state index contributed by atoms with van der Waals surface area (Å²) in [5.41, 5.74) is 7.91. The number of carbonyl (C=O) groups is 1. The van der Waals surface area contributed by atoms with Crippen molar-refractivity contribution < 1.29 is 22.7 Å². The molecule has 0 atom stereocenters. The van der Waals surface area contributed by atoms with Crippen molar-refractivity contribution in [1.29, 1.82) is 0 Å². The van der Waals surface area contributed by atoms with Crippen molar-refractivity contribution in [2.24, 2.45) is 10.7 Å². The van der Waals surface area contributed by atoms with Gasteiger partial charge in [-0.2, -0.15) is 18.3 Å². The number of amidine groups is 1. The van der Waals surface area contributed by atoms with E-state index < -0.39 is 17.8 Å². The second-order valence-corrected chi connectivity index (χ2v) is 9.14. The fourth-order valence-electron chi connectivity index (χ4n) is 4.55. The van der Waals surface area contributed by atoms with Crippen molar-refractivity contribution in [3.05, 3.63) is 113 Å². The third-order valence-corrected chi connectivity index (χ3v) is 6.59. The third kappa shape index (κ3) is 5.50. The summed E-state index contributed by atoms with van der Waals surface area (Å²) in [4.78, 5) is 19.5. The SMILES string of the molecule is COc1ccc(-n2nc(C(F)(F)F)c3c2C(=O)N(Cc2ccc(C(N)=NCc4ccccc4)cc2)CC3)cc1. The van der Waals surface area contributed by atoms with Gasteiger partial charge in [0.05, 0.1) is 19.3 Å². The Morgan fingerprint density at radius 1 is 1.00 bits per heavy atom. The monoisotopic (exact) mass is 533 g/mol. The number of hydrogen-bond acceptors (Lipinski definition) is 4. The van der Waals surface area contributed by atoms with Crippen LogP contribution in [0.5, 0.6) is 5.75 Å². The average Bonchev–Trinajstić information content (AvgIpc) is 3.35. The number of carbonyl (C=O) groups excluding carboxylic acids is 1. The van der Waals surface area contributed by atoms with Gasteiger partial charge in [-0.1, -0.05) is 54.6 Å². The molecular formula is C29H26F3N5O2. The molecule has 10 heteroatoms. The fourth-order valence-corrected chi connectivity index (χ4v) is 4.55. The lowest BCUT2D eigenvalue weighted by Crippen LogP contribution is -2.38. The van der Waals surface area contributed by atoms with Gasteiger partial charge < -0.3 is 15.4 Å². The maximum atomic E-state index is 13.8. The topological polar surface area (TPSA) is 85.7 Å². The molecule has 1 aliphatic rings. The highest BCUT2D eigenvalue weighted by Gasteiger charge is 2.43. The molecule has 39 heavy (non-hydrogen) atoms. The molecule has 0 spiro atoms. The van der Waals surface area contributed by atoms with Crippen molar-refractivity contribution in [3.63, 3.8) is 0 Å². The van der Waals surface area contributed by atoms with Gasteiger partial charge in [-0.15, -0.1) is 0 Å². The number of rotatable bonds is 7. The molecule has 0 bridgehead atoms. The van der Waals surface area contributed by atoms with E-state index in [1.54, 1.807) is 24.3 Å². The molecule has 3 aromatic carbocycles. The highest BCUT2D eigenvalue weighted by atomic mass is 19.4. The Balaban J connectivity index is 1.37. The standard InChI is InChI=1S/C29H26F3N5O2/c1-39-23-13-11-22(12-14-23)37-25-24(26(35-37)29(30,31)32)15-16-36(28(25)38)18-20-7-9-21(10-8-20)27(33)34-17-19-5-3-2-4-6-19/h2-14H,15-18H2,1H3,(H2,33,34). The molecule has 1 aromatic heterocycles. The molecule has 0 unspecified atom stereocenters. The number of aromatic nitrogens is 2. The quantitative estimate of drug-likeness (QED) is 0.268. The number of nitrogens with zero attached hydrogens (tertiary/aromatic N) is 4. The minimum Gasteiger partial charge on any atom is -0.497 e. The van der Waals surface area contributed by atoms with Gasteiger partial charge in [-0.05, 0) is 41.8 Å². The van der Waals surface area contributed by atoms with Gasteiger partial charge in [-0.3, -0.25) is 9.79 Å². The molecular weight excluding hydrogens is 507 g/mol. The van der Waals surface area contributed by atoms with Crippen molar-refractivity contribution in [2.45, 2.75) is 25.7 Å². The van der Waals surface area contributed by atoms with Crippen LogP contribution >= 0.6 is 0 Å². The van der Waals surface area contributed by atoms with Crippen LogP contribution in [0.4, 0.5) is 13.2 Å². The van der Waals surface area contributed by atoms with E-state index in [-0.39, 0.29) is 30.8 Å². The highest BCUT2D eigenvalue weighted by Crippen LogP contribution is 2.36. The van der Waals surface area contributed by atoms with Crippen LogP contribution in [-0.2, 0) is 25.7 Å². The van der Waals surface area contributed by atoms with Crippen LogP contribution in [-0.4, -0.2) is 40.1 Å². The van der Waals surface area contributed by atoms with Crippen LogP contribution in [0.2, 0.25) is 0 Å². The molecule has 0 aliphatic carbocycles. The molecule has 200 valence electrons. The first kappa shape index (κ1) is 26.0. The molecule has 2 heterocycles. The molecule has 7 nitrogen and oxygen atoms in total. The Hall–Kier alpha value is -4.60. The zero-order valence-electron chi connectivity index (χ0n) is 21.2. The van der Waals surface area contributed by atoms with Gasteiger partial charge in [0.15, 0.2) is 5.69 Å². The zero-order chi connectivity index (χ0) is 27.6. The summed E-state index contributed by atoms with van der Waals surface area (Å²) < 4.78 is 47.6. The Morgan fingerprint density at radius 3 is 2.33 bits per heavy atom. The molecule has 0 radical (unpaired) electrons. The lowest BCUT2D eigenvalue weighted by molar-refractivity contribution is -0.142. The molecule has 5 rings (SSSR count). The molecule has 0 saturated carbocycles. The van der Waals surface area contributed by atoms with Gasteiger partial charge >= 0.3 is 6.18 Å². The first-order valence-corrected chi connectivity index (χ1v) is 12.3. The van der Waals surface area contributed by atoms with Crippen LogP contribution in [0.3, 0.4) is 0 Å². The molecule has 1 amide bonds. The van der Waals surface area contributed by atoms with Crippen molar-refractivity contribution in [3.8, 4) is 11.4 Å². The Morgan fingerprint density at radius 2 is 1.69 bits per heavy atom. The van der Waals surface area contributed by atoms with Crippen molar-refractivity contribution in [1.82, 2.24) is 14.7 Å². The van der Waals surface area contributed by atoms with Gasteiger partial charge in [0.25, 0.3) is 5.91 Å². The predicted octanol–water partition coefficient (Wildman–Crippen LogP) is 5.00. The predicted molar refractivity (Wildman–Crippen MR) is 141 cm³/mol. The van der Waals surface area contributed by atoms with Crippen molar-refractivity contribution >= 4 is 11.7 Å². The molecule has 2 N–H and O–H groups in total. The first-order valence-electron chi connectivity index (χ1n) is 12.3. The lowest BCUT2D eigenvalue weighted by Gasteiger charge is -2.28. The molecule has 1 aliphatic heterocycles. The van der Waals surface area contributed by atoms with Gasteiger partial charge in [-0.25, -0.2) is 4.68 Å². The summed E-state index contributed by atoms with van der Waals surface area (Å²) in [6.45, 7) is 0.835. The number of halogens is 3. The number of ether oxygens (including phenoxy) is 1. The van der Waals surface area contributed by atoms with E-state index in [9.17, 15) is 18.0 Å². The van der Waals surface area contributed by atoms with Gasteiger partial charge in [0.1, 0.15) is 17.3 Å². The van der Waals surface area contributed by atoms with Crippen LogP contribution < -0.4 is 10.5 Å². The Labute approximate surface area is 223 Å². The summed E-state index contributed by atoms with van der Waals surface area (Å²) in [5.74, 6) is 0.424. The molecule has 4 aromatic rings. The number of alkyl halides is 3. The summed E-state index contributed by atoms with van der Waals surface area (Å²) >= 11 is 0. The average molecular weight is 534 g/mol. The van der Waals surface area contributed by atoms with E-state index in [0.717, 1.165) is 21.4 Å². The summed E-state index contributed by atoms with van der Waals surface area (Å²) in [7, 11) is 1.49. The highest BCUT2D eigenvalue weighted by molar-refractivity contribution is 5.97. The van der Waals surface area contributed by atoms with E-state index in [0.29, 0.717) is 23.8 Å². The van der Waals surface area contributed by atoms with Crippen LogP contribution in [0, 0.1) is 0 Å². The minimum absolute atomic E-state index is 0.0449. The van der Waals surface area contributed by atoms with E-state index >= 15 is 0 Å². The summed E-state index contributed by atoms with van der Waals surface area (Å²) in [5, 5.41) is 3.83. The number of amides is 1. The smallest absolute Gasteiger partial charge is 0.435 e. The lowest BCUT2D eigenvalue weighted by atomic mass is 10.0. The largest absolute Gasteiger partial charge is 0.497 e. The molecule has 0 saturated heterocycles. The Bertz CT molecular complexity index is 1500. The number of benzene rings is 3. The maximum Gasteiger partial charge on any atom is 0.435 e. The van der Waals surface area contributed by atoms with Crippen molar-refractivity contribution in [2.75, 3.05) is 13.7 Å².